The van der Waals surface area contributed by atoms with Crippen LogP contribution < -0.4 is 10.1 Å². The number of carbonyl (C=O) groups excluding carboxylic acids is 1. The van der Waals surface area contributed by atoms with Crippen LogP contribution in [0.4, 0.5) is 5.69 Å². The highest BCUT2D eigenvalue weighted by Crippen LogP contribution is 2.24. The van der Waals surface area contributed by atoms with Crippen molar-refractivity contribution in [2.24, 2.45) is 0 Å². The van der Waals surface area contributed by atoms with E-state index >= 15 is 0 Å². The van der Waals surface area contributed by atoms with E-state index in [1.807, 2.05) is 44.2 Å². The van der Waals surface area contributed by atoms with Crippen molar-refractivity contribution in [3.05, 3.63) is 71.0 Å². The molecule has 7 nitrogen and oxygen atoms in total. The highest BCUT2D eigenvalue weighted by atomic mass is 35.5. The maximum absolute atomic E-state index is 12.5. The van der Waals surface area contributed by atoms with Crippen molar-refractivity contribution in [2.75, 3.05) is 11.9 Å². The third-order valence-electron chi connectivity index (χ3n) is 4.36. The summed E-state index contributed by atoms with van der Waals surface area (Å²) in [4.78, 5) is 18.0. The van der Waals surface area contributed by atoms with Gasteiger partial charge >= 0.3 is 0 Å². The van der Waals surface area contributed by atoms with Gasteiger partial charge in [0.25, 0.3) is 5.91 Å². The Bertz CT molecular complexity index is 1190. The van der Waals surface area contributed by atoms with Crippen LogP contribution in [0, 0.1) is 6.92 Å². The zero-order valence-electron chi connectivity index (χ0n) is 15.9. The van der Waals surface area contributed by atoms with Crippen molar-refractivity contribution in [3.8, 4) is 11.4 Å². The van der Waals surface area contributed by atoms with Gasteiger partial charge < -0.3 is 10.1 Å². The van der Waals surface area contributed by atoms with E-state index < -0.39 is 0 Å². The Hall–Kier alpha value is -3.45. The topological polar surface area (TPSA) is 81.9 Å². The molecule has 1 N–H and O–H groups in total. The second kappa shape index (κ2) is 7.89. The summed E-state index contributed by atoms with van der Waals surface area (Å²) in [5, 5.41) is 12.1. The van der Waals surface area contributed by atoms with E-state index in [1.165, 1.54) is 6.20 Å². The number of nitrogens with zero attached hydrogens (tertiary/aromatic N) is 4. The molecule has 2 heterocycles. The number of aryl methyl sites for hydroxylation is 1. The molecule has 2 aromatic carbocycles. The number of halogens is 1. The van der Waals surface area contributed by atoms with Crippen LogP contribution in [0.25, 0.3) is 16.7 Å². The normalized spacial score (nSPS) is 10.9. The molecule has 0 spiro atoms. The van der Waals surface area contributed by atoms with E-state index in [4.69, 9.17) is 16.3 Å². The van der Waals surface area contributed by atoms with Gasteiger partial charge in [0.15, 0.2) is 0 Å². The van der Waals surface area contributed by atoms with Gasteiger partial charge in [0.1, 0.15) is 21.9 Å². The Morgan fingerprint density at radius 3 is 2.55 bits per heavy atom. The van der Waals surface area contributed by atoms with Gasteiger partial charge in [0, 0.05) is 11.9 Å². The average molecular weight is 408 g/mol. The first-order chi connectivity index (χ1) is 14.0. The molecular formula is C21H18ClN5O2. The lowest BCUT2D eigenvalue weighted by Gasteiger charge is -2.08. The van der Waals surface area contributed by atoms with Gasteiger partial charge in [-0.1, -0.05) is 11.6 Å². The molecule has 0 saturated carbocycles. The van der Waals surface area contributed by atoms with Crippen molar-refractivity contribution in [3.63, 3.8) is 0 Å². The molecule has 0 aliphatic rings. The van der Waals surface area contributed by atoms with Crippen molar-refractivity contribution in [1.82, 2.24) is 20.0 Å². The van der Waals surface area contributed by atoms with Gasteiger partial charge in [-0.25, -0.2) is 4.98 Å². The summed E-state index contributed by atoms with van der Waals surface area (Å²) < 4.78 is 5.46. The molecule has 29 heavy (non-hydrogen) atoms. The number of amides is 1. The minimum atomic E-state index is -0.329. The van der Waals surface area contributed by atoms with E-state index in [0.29, 0.717) is 23.4 Å². The molecule has 0 aliphatic heterocycles. The van der Waals surface area contributed by atoms with Crippen LogP contribution >= 0.6 is 11.6 Å². The predicted molar refractivity (Wildman–Crippen MR) is 112 cm³/mol. The standard InChI is InChI=1S/C21H18ClN5O2/c1-3-29-15-8-6-14(7-9-15)27-25-18-11-13(2)17(12-19(18)26-27)24-21(28)16-5-4-10-23-20(16)22/h4-12H,3H2,1-2H3,(H,24,28). The van der Waals surface area contributed by atoms with Gasteiger partial charge in [-0.05, 0) is 67.9 Å². The number of pyridine rings is 1. The number of fused-ring (bicyclic) bond motifs is 1. The summed E-state index contributed by atoms with van der Waals surface area (Å²) in [6, 6.07) is 14.5. The van der Waals surface area contributed by atoms with Crippen molar-refractivity contribution in [1.29, 1.82) is 0 Å². The van der Waals surface area contributed by atoms with Crippen molar-refractivity contribution in [2.45, 2.75) is 13.8 Å². The van der Waals surface area contributed by atoms with Crippen LogP contribution in [0.5, 0.6) is 5.75 Å². The maximum Gasteiger partial charge on any atom is 0.258 e. The number of benzene rings is 2. The van der Waals surface area contributed by atoms with Crippen molar-refractivity contribution < 1.29 is 9.53 Å². The van der Waals surface area contributed by atoms with E-state index in [0.717, 1.165) is 22.5 Å². The third kappa shape index (κ3) is 3.90. The summed E-state index contributed by atoms with van der Waals surface area (Å²) in [7, 11) is 0. The monoisotopic (exact) mass is 407 g/mol. The number of hydrogen-bond donors (Lipinski definition) is 1. The molecule has 0 atom stereocenters. The average Bonchev–Trinajstić information content (AvgIpc) is 3.12. The van der Waals surface area contributed by atoms with Crippen LogP contribution in [0.15, 0.2) is 54.7 Å². The van der Waals surface area contributed by atoms with Gasteiger partial charge in [0.05, 0.1) is 17.9 Å². The Morgan fingerprint density at radius 2 is 1.86 bits per heavy atom. The molecule has 0 bridgehead atoms. The number of hydrogen-bond acceptors (Lipinski definition) is 5. The van der Waals surface area contributed by atoms with Crippen LogP contribution in [-0.2, 0) is 0 Å². The van der Waals surface area contributed by atoms with Crippen LogP contribution in [-0.4, -0.2) is 32.5 Å². The van der Waals surface area contributed by atoms with E-state index in [9.17, 15) is 4.79 Å². The van der Waals surface area contributed by atoms with Gasteiger partial charge in [-0.3, -0.25) is 4.79 Å². The number of carbonyl (C=O) groups is 1. The molecular weight excluding hydrogens is 390 g/mol. The quantitative estimate of drug-likeness (QED) is 0.495. The second-order valence-electron chi connectivity index (χ2n) is 6.37. The first kappa shape index (κ1) is 18.9. The molecule has 146 valence electrons. The Labute approximate surface area is 172 Å². The SMILES string of the molecule is CCOc1ccc(-n2nc3cc(C)c(NC(=O)c4cccnc4Cl)cc3n2)cc1. The summed E-state index contributed by atoms with van der Waals surface area (Å²) in [5.74, 6) is 0.465. The van der Waals surface area contributed by atoms with Crippen LogP contribution in [0.2, 0.25) is 5.15 Å². The fraction of sp³-hybridized carbons (Fsp3) is 0.143. The third-order valence-corrected chi connectivity index (χ3v) is 4.66. The Kier molecular flexibility index (Phi) is 5.14. The molecule has 4 aromatic rings. The summed E-state index contributed by atoms with van der Waals surface area (Å²) in [6.07, 6.45) is 1.54. The molecule has 0 saturated heterocycles. The summed E-state index contributed by atoms with van der Waals surface area (Å²) in [6.45, 7) is 4.45. The number of anilines is 1. The predicted octanol–water partition coefficient (Wildman–Crippen LogP) is 4.43. The van der Waals surface area contributed by atoms with E-state index in [2.05, 4.69) is 20.5 Å². The minimum absolute atomic E-state index is 0.158. The molecule has 0 unspecified atom stereocenters. The Morgan fingerprint density at radius 1 is 1.14 bits per heavy atom. The molecule has 1 amide bonds. The Balaban J connectivity index is 1.63. The first-order valence-corrected chi connectivity index (χ1v) is 9.46. The number of nitrogens with one attached hydrogen (secondary N) is 1. The van der Waals surface area contributed by atoms with Crippen molar-refractivity contribution >= 4 is 34.2 Å². The number of ether oxygens (including phenoxy) is 1. The lowest BCUT2D eigenvalue weighted by molar-refractivity contribution is 0.102. The lowest BCUT2D eigenvalue weighted by Crippen LogP contribution is -2.13. The number of aromatic nitrogens is 4. The molecule has 0 fully saturated rings. The number of rotatable bonds is 5. The lowest BCUT2D eigenvalue weighted by atomic mass is 10.1. The van der Waals surface area contributed by atoms with Crippen LogP contribution in [0.3, 0.4) is 0 Å². The molecule has 0 aliphatic carbocycles. The molecule has 2 aromatic heterocycles. The fourth-order valence-corrected chi connectivity index (χ4v) is 3.11. The van der Waals surface area contributed by atoms with E-state index in [-0.39, 0.29) is 11.1 Å². The minimum Gasteiger partial charge on any atom is -0.494 e. The second-order valence-corrected chi connectivity index (χ2v) is 6.73. The maximum atomic E-state index is 12.5. The first-order valence-electron chi connectivity index (χ1n) is 9.08. The smallest absolute Gasteiger partial charge is 0.258 e. The van der Waals surface area contributed by atoms with Gasteiger partial charge in [-0.2, -0.15) is 4.80 Å². The molecule has 8 heteroatoms. The zero-order chi connectivity index (χ0) is 20.4. The van der Waals surface area contributed by atoms with Gasteiger partial charge in [-0.15, -0.1) is 10.2 Å². The van der Waals surface area contributed by atoms with E-state index in [1.54, 1.807) is 23.0 Å². The zero-order valence-corrected chi connectivity index (χ0v) is 16.6. The fourth-order valence-electron chi connectivity index (χ4n) is 2.91. The highest BCUT2D eigenvalue weighted by Gasteiger charge is 2.14. The molecule has 0 radical (unpaired) electrons. The highest BCUT2D eigenvalue weighted by molar-refractivity contribution is 6.33. The largest absolute Gasteiger partial charge is 0.494 e. The molecule has 4 rings (SSSR count). The van der Waals surface area contributed by atoms with Crippen LogP contribution in [0.1, 0.15) is 22.8 Å². The summed E-state index contributed by atoms with van der Waals surface area (Å²) in [5.41, 5.74) is 4.03. The van der Waals surface area contributed by atoms with Gasteiger partial charge in [0.2, 0.25) is 0 Å². The summed E-state index contributed by atoms with van der Waals surface area (Å²) >= 11 is 6.02.